The SMILES string of the molecule is CCO[Si](OCC)(OCC)OCCN. The highest BCUT2D eigenvalue weighted by Gasteiger charge is 2.44. The van der Waals surface area contributed by atoms with Gasteiger partial charge in [-0.3, -0.25) is 0 Å². The highest BCUT2D eigenvalue weighted by atomic mass is 28.4. The Labute approximate surface area is 87.0 Å². The summed E-state index contributed by atoms with van der Waals surface area (Å²) in [6, 6.07) is 0. The quantitative estimate of drug-likeness (QED) is 0.577. The minimum atomic E-state index is -2.90. The molecular formula is C8H21NO4Si. The summed E-state index contributed by atoms with van der Waals surface area (Å²) in [4.78, 5) is 0. The fraction of sp³-hybridized carbons (Fsp3) is 1.00. The van der Waals surface area contributed by atoms with Crippen LogP contribution in [0.2, 0.25) is 0 Å². The van der Waals surface area contributed by atoms with Gasteiger partial charge in [-0.25, -0.2) is 0 Å². The van der Waals surface area contributed by atoms with E-state index >= 15 is 0 Å². The smallest absolute Gasteiger partial charge is 0.351 e. The van der Waals surface area contributed by atoms with Gasteiger partial charge < -0.3 is 23.4 Å². The maximum Gasteiger partial charge on any atom is 0.679 e. The normalized spacial score (nSPS) is 12.0. The summed E-state index contributed by atoms with van der Waals surface area (Å²) in [5, 5.41) is 0. The lowest BCUT2D eigenvalue weighted by Crippen LogP contribution is -2.50. The average molecular weight is 223 g/mol. The van der Waals surface area contributed by atoms with Gasteiger partial charge in [-0.1, -0.05) is 0 Å². The maximum absolute atomic E-state index is 5.45. The highest BCUT2D eigenvalue weighted by molar-refractivity contribution is 6.53. The second kappa shape index (κ2) is 8.34. The molecule has 0 bridgehead atoms. The number of nitrogens with two attached hydrogens (primary N) is 1. The molecule has 6 heteroatoms. The van der Waals surface area contributed by atoms with Crippen molar-refractivity contribution in [2.75, 3.05) is 33.0 Å². The predicted octanol–water partition coefficient (Wildman–Crippen LogP) is 0.507. The van der Waals surface area contributed by atoms with E-state index in [0.29, 0.717) is 33.0 Å². The Morgan fingerprint density at radius 2 is 1.29 bits per heavy atom. The molecule has 0 heterocycles. The van der Waals surface area contributed by atoms with E-state index in [1.807, 2.05) is 20.8 Å². The summed E-state index contributed by atoms with van der Waals surface area (Å²) in [5.41, 5.74) is 5.35. The van der Waals surface area contributed by atoms with Crippen molar-refractivity contribution < 1.29 is 17.7 Å². The van der Waals surface area contributed by atoms with Crippen LogP contribution in [0, 0.1) is 0 Å². The number of rotatable bonds is 9. The largest absolute Gasteiger partial charge is 0.679 e. The first-order valence-corrected chi connectivity index (χ1v) is 6.63. The van der Waals surface area contributed by atoms with E-state index < -0.39 is 9.05 Å². The fourth-order valence-electron chi connectivity index (χ4n) is 0.964. The fourth-order valence-corrected chi connectivity index (χ4v) is 2.89. The number of hydrogen-bond acceptors (Lipinski definition) is 5. The molecular weight excluding hydrogens is 202 g/mol. The highest BCUT2D eigenvalue weighted by Crippen LogP contribution is 2.11. The Morgan fingerprint density at radius 1 is 0.857 bits per heavy atom. The van der Waals surface area contributed by atoms with Gasteiger partial charge in [-0.05, 0) is 20.8 Å². The van der Waals surface area contributed by atoms with E-state index in [1.54, 1.807) is 0 Å². The molecule has 0 saturated heterocycles. The molecule has 0 aromatic rings. The first kappa shape index (κ1) is 14.0. The average Bonchev–Trinajstić information content (AvgIpc) is 2.16. The molecule has 0 aliphatic carbocycles. The van der Waals surface area contributed by atoms with Crippen LogP contribution in [0.5, 0.6) is 0 Å². The molecule has 0 fully saturated rings. The molecule has 0 saturated carbocycles. The minimum absolute atomic E-state index is 0.395. The van der Waals surface area contributed by atoms with Gasteiger partial charge in [0.25, 0.3) is 0 Å². The first-order valence-electron chi connectivity index (χ1n) is 5.00. The van der Waals surface area contributed by atoms with E-state index in [0.717, 1.165) is 0 Å². The van der Waals surface area contributed by atoms with Crippen LogP contribution in [0.1, 0.15) is 20.8 Å². The number of hydrogen-bond donors (Lipinski definition) is 1. The van der Waals surface area contributed by atoms with Crippen molar-refractivity contribution in [3.8, 4) is 0 Å². The van der Waals surface area contributed by atoms with Gasteiger partial charge in [-0.15, -0.1) is 0 Å². The monoisotopic (exact) mass is 223 g/mol. The van der Waals surface area contributed by atoms with Crippen molar-refractivity contribution in [3.05, 3.63) is 0 Å². The van der Waals surface area contributed by atoms with Crippen molar-refractivity contribution in [2.24, 2.45) is 5.73 Å². The second-order valence-corrected chi connectivity index (χ2v) is 4.59. The predicted molar refractivity (Wildman–Crippen MR) is 55.6 cm³/mol. The zero-order chi connectivity index (χ0) is 10.9. The first-order chi connectivity index (χ1) is 6.74. The third kappa shape index (κ3) is 5.04. The van der Waals surface area contributed by atoms with E-state index in [-0.39, 0.29) is 0 Å². The molecule has 0 spiro atoms. The van der Waals surface area contributed by atoms with Crippen molar-refractivity contribution in [2.45, 2.75) is 20.8 Å². The second-order valence-electron chi connectivity index (χ2n) is 2.44. The molecule has 0 atom stereocenters. The summed E-state index contributed by atoms with van der Waals surface area (Å²) >= 11 is 0. The van der Waals surface area contributed by atoms with Gasteiger partial charge in [0, 0.05) is 26.4 Å². The van der Waals surface area contributed by atoms with Gasteiger partial charge in [-0.2, -0.15) is 0 Å². The summed E-state index contributed by atoms with van der Waals surface area (Å²) in [5.74, 6) is 0. The lowest BCUT2D eigenvalue weighted by Gasteiger charge is -2.26. The molecule has 0 aliphatic rings. The Bertz CT molecular complexity index is 119. The summed E-state index contributed by atoms with van der Waals surface area (Å²) in [6.07, 6.45) is 0. The van der Waals surface area contributed by atoms with Crippen LogP contribution in [0.15, 0.2) is 0 Å². The van der Waals surface area contributed by atoms with Gasteiger partial charge in [0.05, 0.1) is 6.61 Å². The van der Waals surface area contributed by atoms with E-state index in [9.17, 15) is 0 Å². The molecule has 0 aromatic heterocycles. The Balaban J connectivity index is 4.21. The lowest BCUT2D eigenvalue weighted by molar-refractivity contribution is -0.0258. The third-order valence-corrected chi connectivity index (χ3v) is 3.84. The lowest BCUT2D eigenvalue weighted by atomic mass is 10.8. The summed E-state index contributed by atoms with van der Waals surface area (Å²) < 4.78 is 21.7. The summed E-state index contributed by atoms with van der Waals surface area (Å²) in [6.45, 7) is 8.00. The van der Waals surface area contributed by atoms with Crippen molar-refractivity contribution in [1.29, 1.82) is 0 Å². The standard InChI is InChI=1S/C8H21NO4Si/c1-4-10-14(11-5-2,12-6-3)13-8-7-9/h4-9H2,1-3H3. The van der Waals surface area contributed by atoms with Gasteiger partial charge >= 0.3 is 9.05 Å². The Morgan fingerprint density at radius 3 is 1.57 bits per heavy atom. The Kier molecular flexibility index (Phi) is 8.35. The topological polar surface area (TPSA) is 62.9 Å². The maximum atomic E-state index is 5.45. The van der Waals surface area contributed by atoms with Crippen LogP contribution in [-0.4, -0.2) is 42.0 Å². The van der Waals surface area contributed by atoms with Crippen LogP contribution in [-0.2, 0) is 17.7 Å². The summed E-state index contributed by atoms with van der Waals surface area (Å²) in [7, 11) is -2.90. The zero-order valence-corrected chi connectivity index (χ0v) is 10.2. The van der Waals surface area contributed by atoms with Gasteiger partial charge in [0.15, 0.2) is 0 Å². The van der Waals surface area contributed by atoms with E-state index in [1.165, 1.54) is 0 Å². The molecule has 5 nitrogen and oxygen atoms in total. The molecule has 14 heavy (non-hydrogen) atoms. The molecule has 86 valence electrons. The van der Waals surface area contributed by atoms with Crippen LogP contribution < -0.4 is 5.73 Å². The van der Waals surface area contributed by atoms with Crippen molar-refractivity contribution in [1.82, 2.24) is 0 Å². The molecule has 0 amide bonds. The molecule has 0 unspecified atom stereocenters. The molecule has 0 aliphatic heterocycles. The van der Waals surface area contributed by atoms with E-state index in [4.69, 9.17) is 23.4 Å². The molecule has 0 radical (unpaired) electrons. The van der Waals surface area contributed by atoms with Crippen LogP contribution in [0.4, 0.5) is 0 Å². The Hall–Kier alpha value is 0.0169. The van der Waals surface area contributed by atoms with Crippen LogP contribution in [0.3, 0.4) is 0 Å². The minimum Gasteiger partial charge on any atom is -0.351 e. The molecule has 0 rings (SSSR count). The van der Waals surface area contributed by atoms with Crippen molar-refractivity contribution >= 4 is 9.05 Å². The molecule has 2 N–H and O–H groups in total. The van der Waals surface area contributed by atoms with Crippen molar-refractivity contribution in [3.63, 3.8) is 0 Å². The van der Waals surface area contributed by atoms with Gasteiger partial charge in [0.2, 0.25) is 0 Å². The van der Waals surface area contributed by atoms with Crippen LogP contribution >= 0.6 is 0 Å². The third-order valence-electron chi connectivity index (χ3n) is 1.36. The zero-order valence-electron chi connectivity index (χ0n) is 9.25. The molecule has 0 aromatic carbocycles. The van der Waals surface area contributed by atoms with Crippen LogP contribution in [0.25, 0.3) is 0 Å². The van der Waals surface area contributed by atoms with Gasteiger partial charge in [0.1, 0.15) is 0 Å². The van der Waals surface area contributed by atoms with E-state index in [2.05, 4.69) is 0 Å².